The van der Waals surface area contributed by atoms with Gasteiger partial charge in [0.1, 0.15) is 4.90 Å². The lowest BCUT2D eigenvalue weighted by atomic mass is 10.3. The summed E-state index contributed by atoms with van der Waals surface area (Å²) in [6.45, 7) is 0.156. The van der Waals surface area contributed by atoms with E-state index in [0.29, 0.717) is 5.92 Å². The van der Waals surface area contributed by atoms with E-state index in [1.807, 2.05) is 0 Å². The molecule has 1 N–H and O–H groups in total. The molecule has 0 saturated heterocycles. The zero-order valence-corrected chi connectivity index (χ0v) is 14.9. The fourth-order valence-electron chi connectivity index (χ4n) is 2.27. The molecule has 1 aliphatic rings. The Morgan fingerprint density at radius 1 is 1.21 bits per heavy atom. The first-order valence-electron chi connectivity index (χ1n) is 7.39. The molecule has 0 aliphatic heterocycles. The molecule has 3 rings (SSSR count). The van der Waals surface area contributed by atoms with Gasteiger partial charge in [0.05, 0.1) is 17.3 Å². The van der Waals surface area contributed by atoms with Gasteiger partial charge in [0, 0.05) is 23.6 Å². The van der Waals surface area contributed by atoms with Crippen molar-refractivity contribution in [1.82, 2.24) is 14.5 Å². The molecule has 6 nitrogen and oxygen atoms in total. The van der Waals surface area contributed by atoms with Crippen LogP contribution in [0.2, 0.25) is 10.0 Å². The van der Waals surface area contributed by atoms with Crippen molar-refractivity contribution in [2.24, 2.45) is 0 Å². The number of hydrogen-bond acceptors (Lipinski definition) is 4. The van der Waals surface area contributed by atoms with E-state index in [0.717, 1.165) is 18.5 Å². The van der Waals surface area contributed by atoms with E-state index >= 15 is 0 Å². The topological polar surface area (TPSA) is 81.1 Å². The zero-order valence-electron chi connectivity index (χ0n) is 12.6. The first-order valence-corrected chi connectivity index (χ1v) is 9.63. The highest BCUT2D eigenvalue weighted by Crippen LogP contribution is 2.38. The number of nitrogens with zero attached hydrogens (tertiary/aromatic N) is 2. The second-order valence-electron chi connectivity index (χ2n) is 5.57. The van der Waals surface area contributed by atoms with E-state index in [1.54, 1.807) is 6.07 Å². The Morgan fingerprint density at radius 3 is 2.67 bits per heavy atom. The Bertz CT molecular complexity index is 924. The van der Waals surface area contributed by atoms with Crippen LogP contribution < -0.4 is 10.3 Å². The lowest BCUT2D eigenvalue weighted by Crippen LogP contribution is -2.32. The van der Waals surface area contributed by atoms with E-state index < -0.39 is 10.0 Å². The van der Waals surface area contributed by atoms with Crippen LogP contribution in [-0.2, 0) is 16.6 Å². The summed E-state index contributed by atoms with van der Waals surface area (Å²) in [7, 11) is -3.82. The van der Waals surface area contributed by atoms with Crippen molar-refractivity contribution < 1.29 is 8.42 Å². The van der Waals surface area contributed by atoms with Crippen molar-refractivity contribution in [3.63, 3.8) is 0 Å². The van der Waals surface area contributed by atoms with Gasteiger partial charge in [0.2, 0.25) is 10.0 Å². The Kier molecular flexibility index (Phi) is 4.96. The molecular formula is C15H15Cl2N3O3S. The summed E-state index contributed by atoms with van der Waals surface area (Å²) in [5, 5.41) is 4.63. The van der Waals surface area contributed by atoms with Gasteiger partial charge in [-0.3, -0.25) is 4.79 Å². The van der Waals surface area contributed by atoms with Crippen molar-refractivity contribution >= 4 is 33.2 Å². The molecular weight excluding hydrogens is 373 g/mol. The maximum Gasteiger partial charge on any atom is 0.266 e. The second kappa shape index (κ2) is 6.84. The standard InChI is InChI=1S/C15H15Cl2N3O3S/c16-11-3-4-12(17)14(9-11)24(22,23)18-7-8-20-15(21)6-5-13(19-20)10-1-2-10/h3-6,9-10,18H,1-2,7-8H2. The maximum absolute atomic E-state index is 12.3. The normalized spacial score (nSPS) is 14.8. The van der Waals surface area contributed by atoms with Gasteiger partial charge in [-0.05, 0) is 37.1 Å². The molecule has 0 amide bonds. The minimum absolute atomic E-state index is 0.0200. The maximum atomic E-state index is 12.3. The molecule has 1 saturated carbocycles. The van der Waals surface area contributed by atoms with E-state index in [9.17, 15) is 13.2 Å². The number of benzene rings is 1. The lowest BCUT2D eigenvalue weighted by molar-refractivity contribution is 0.541. The average molecular weight is 388 g/mol. The highest BCUT2D eigenvalue weighted by molar-refractivity contribution is 7.89. The number of aromatic nitrogens is 2. The molecule has 1 aliphatic carbocycles. The summed E-state index contributed by atoms with van der Waals surface area (Å²) in [5.74, 6) is 0.416. The Hall–Kier alpha value is -1.41. The van der Waals surface area contributed by atoms with Gasteiger partial charge >= 0.3 is 0 Å². The third-order valence-corrected chi connectivity index (χ3v) is 5.86. The molecule has 128 valence electrons. The average Bonchev–Trinajstić information content (AvgIpc) is 3.36. The molecule has 0 radical (unpaired) electrons. The number of rotatable bonds is 6. The van der Waals surface area contributed by atoms with Gasteiger partial charge in [0.25, 0.3) is 5.56 Å². The SMILES string of the molecule is O=c1ccc(C2CC2)nn1CCNS(=O)(=O)c1cc(Cl)ccc1Cl. The van der Waals surface area contributed by atoms with Gasteiger partial charge in [-0.2, -0.15) is 5.10 Å². The lowest BCUT2D eigenvalue weighted by Gasteiger charge is -2.10. The van der Waals surface area contributed by atoms with Crippen molar-refractivity contribution in [2.45, 2.75) is 30.2 Å². The Labute approximate surface area is 149 Å². The molecule has 9 heteroatoms. The van der Waals surface area contributed by atoms with Crippen LogP contribution in [0.5, 0.6) is 0 Å². The minimum atomic E-state index is -3.82. The third kappa shape index (κ3) is 3.97. The van der Waals surface area contributed by atoms with Gasteiger partial charge in [0.15, 0.2) is 0 Å². The van der Waals surface area contributed by atoms with Crippen LogP contribution in [0.1, 0.15) is 24.5 Å². The van der Waals surface area contributed by atoms with Crippen LogP contribution in [0, 0.1) is 0 Å². The fraction of sp³-hybridized carbons (Fsp3) is 0.333. The minimum Gasteiger partial charge on any atom is -0.268 e. The Morgan fingerprint density at radius 2 is 1.96 bits per heavy atom. The van der Waals surface area contributed by atoms with Crippen molar-refractivity contribution in [2.75, 3.05) is 6.54 Å². The van der Waals surface area contributed by atoms with Crippen LogP contribution in [0.15, 0.2) is 40.0 Å². The van der Waals surface area contributed by atoms with Gasteiger partial charge in [-0.1, -0.05) is 23.2 Å². The van der Waals surface area contributed by atoms with Gasteiger partial charge in [-0.15, -0.1) is 0 Å². The molecule has 2 aromatic rings. The van der Waals surface area contributed by atoms with E-state index in [2.05, 4.69) is 9.82 Å². The van der Waals surface area contributed by atoms with Crippen LogP contribution in [-0.4, -0.2) is 24.7 Å². The first-order chi connectivity index (χ1) is 11.4. The predicted octanol–water partition coefficient (Wildman–Crippen LogP) is 2.41. The molecule has 1 fully saturated rings. The third-order valence-electron chi connectivity index (χ3n) is 3.68. The van der Waals surface area contributed by atoms with Gasteiger partial charge in [-0.25, -0.2) is 17.8 Å². The largest absolute Gasteiger partial charge is 0.268 e. The van der Waals surface area contributed by atoms with Crippen LogP contribution in [0.25, 0.3) is 0 Å². The van der Waals surface area contributed by atoms with Gasteiger partial charge < -0.3 is 0 Å². The van der Waals surface area contributed by atoms with E-state index in [-0.39, 0.29) is 33.6 Å². The summed E-state index contributed by atoms with van der Waals surface area (Å²) >= 11 is 11.7. The molecule has 0 spiro atoms. The smallest absolute Gasteiger partial charge is 0.266 e. The highest BCUT2D eigenvalue weighted by Gasteiger charge is 2.25. The molecule has 1 aromatic heterocycles. The number of hydrogen-bond donors (Lipinski definition) is 1. The summed E-state index contributed by atoms with van der Waals surface area (Å²) < 4.78 is 28.3. The second-order valence-corrected chi connectivity index (χ2v) is 8.15. The van der Waals surface area contributed by atoms with Crippen molar-refractivity contribution in [3.05, 3.63) is 56.4 Å². The van der Waals surface area contributed by atoms with E-state index in [1.165, 1.54) is 28.9 Å². The molecule has 1 aromatic carbocycles. The molecule has 0 atom stereocenters. The molecule has 24 heavy (non-hydrogen) atoms. The Balaban J connectivity index is 1.70. The van der Waals surface area contributed by atoms with Crippen LogP contribution >= 0.6 is 23.2 Å². The van der Waals surface area contributed by atoms with Crippen LogP contribution in [0.4, 0.5) is 0 Å². The quantitative estimate of drug-likeness (QED) is 0.824. The fourth-order valence-corrected chi connectivity index (χ4v) is 4.05. The monoisotopic (exact) mass is 387 g/mol. The molecule has 0 unspecified atom stereocenters. The van der Waals surface area contributed by atoms with Crippen molar-refractivity contribution in [1.29, 1.82) is 0 Å². The van der Waals surface area contributed by atoms with E-state index in [4.69, 9.17) is 23.2 Å². The molecule has 0 bridgehead atoms. The number of halogens is 2. The summed E-state index contributed by atoms with van der Waals surface area (Å²) in [5.41, 5.74) is 0.606. The summed E-state index contributed by atoms with van der Waals surface area (Å²) in [4.78, 5) is 11.7. The van der Waals surface area contributed by atoms with Crippen molar-refractivity contribution in [3.8, 4) is 0 Å². The van der Waals surface area contributed by atoms with Crippen LogP contribution in [0.3, 0.4) is 0 Å². The zero-order chi connectivity index (χ0) is 17.3. The molecule has 1 heterocycles. The first kappa shape index (κ1) is 17.4. The summed E-state index contributed by atoms with van der Waals surface area (Å²) in [6.07, 6.45) is 2.15. The highest BCUT2D eigenvalue weighted by atomic mass is 35.5. The summed E-state index contributed by atoms with van der Waals surface area (Å²) in [6, 6.07) is 7.40. The number of nitrogens with one attached hydrogen (secondary N) is 1. The predicted molar refractivity (Wildman–Crippen MR) is 92.1 cm³/mol. The number of sulfonamides is 1.